The molecular weight excluding hydrogens is 236 g/mol. The summed E-state index contributed by atoms with van der Waals surface area (Å²) < 4.78 is 5.22. The van der Waals surface area contributed by atoms with Crippen LogP contribution in [0.4, 0.5) is 0 Å². The molecule has 0 aliphatic carbocycles. The molecule has 0 bridgehead atoms. The number of thiocarbonyl (C=S) groups is 1. The monoisotopic (exact) mass is 242 g/mol. The Morgan fingerprint density at radius 2 is 2.47 bits per heavy atom. The molecule has 1 aliphatic heterocycles. The molecule has 7 heteroatoms. The van der Waals surface area contributed by atoms with E-state index in [1.807, 2.05) is 0 Å². The third kappa shape index (κ3) is 2.02. The van der Waals surface area contributed by atoms with Gasteiger partial charge in [0.25, 0.3) is 5.91 Å². The predicted octanol–water partition coefficient (Wildman–Crippen LogP) is 0.785. The summed E-state index contributed by atoms with van der Waals surface area (Å²) in [5.41, 5.74) is 2.37. The molecule has 0 unspecified atom stereocenters. The highest BCUT2D eigenvalue weighted by atomic mass is 32.2. The Morgan fingerprint density at radius 1 is 1.67 bits per heavy atom. The van der Waals surface area contributed by atoms with Gasteiger partial charge < -0.3 is 4.42 Å². The van der Waals surface area contributed by atoms with Crippen LogP contribution in [0.15, 0.2) is 22.8 Å². The smallest absolute Gasteiger partial charge is 0.305 e. The Bertz CT molecular complexity index is 400. The maximum Gasteiger partial charge on any atom is 0.305 e. The minimum atomic E-state index is -0.488. The average Bonchev–Trinajstić information content (AvgIpc) is 2.82. The molecule has 1 fully saturated rings. The van der Waals surface area contributed by atoms with Gasteiger partial charge >= 0.3 is 5.91 Å². The van der Waals surface area contributed by atoms with Crippen LogP contribution in [0.1, 0.15) is 10.6 Å². The lowest BCUT2D eigenvalue weighted by Crippen LogP contribution is -2.44. The van der Waals surface area contributed by atoms with E-state index in [1.165, 1.54) is 24.1 Å². The van der Waals surface area contributed by atoms with Crippen molar-refractivity contribution in [3.8, 4) is 0 Å². The van der Waals surface area contributed by atoms with Crippen molar-refractivity contribution in [2.75, 3.05) is 5.75 Å². The first-order chi connectivity index (χ1) is 7.18. The number of hydrogen-bond acceptors (Lipinski definition) is 5. The van der Waals surface area contributed by atoms with E-state index < -0.39 is 5.91 Å². The minimum Gasteiger partial charge on any atom is -0.459 e. The topological polar surface area (TPSA) is 62.6 Å². The summed E-state index contributed by atoms with van der Waals surface area (Å²) >= 11 is 6.10. The maximum atomic E-state index is 11.5. The van der Waals surface area contributed by atoms with Crippen LogP contribution in [0.25, 0.3) is 0 Å². The summed E-state index contributed by atoms with van der Waals surface area (Å²) in [6.07, 6.45) is 1.38. The second kappa shape index (κ2) is 4.03. The van der Waals surface area contributed by atoms with Crippen LogP contribution in [0.3, 0.4) is 0 Å². The van der Waals surface area contributed by atoms with Crippen molar-refractivity contribution in [3.05, 3.63) is 24.2 Å². The maximum absolute atomic E-state index is 11.5. The van der Waals surface area contributed by atoms with Gasteiger partial charge in [0.05, 0.1) is 12.0 Å². The Balaban J connectivity index is 2.06. The van der Waals surface area contributed by atoms with E-state index in [2.05, 4.69) is 5.43 Å². The summed E-state index contributed by atoms with van der Waals surface area (Å²) in [5.74, 6) is -0.317. The molecule has 0 aromatic carbocycles. The van der Waals surface area contributed by atoms with E-state index >= 15 is 0 Å². The standard InChI is InChI=1S/C8H6N2O3S2/c11-6-4-15-8(14)10(6)9-7(12)5-2-1-3-13-5/h1-3H,4H2,(H,9,12). The zero-order valence-electron chi connectivity index (χ0n) is 7.43. The normalized spacial score (nSPS) is 15.9. The lowest BCUT2D eigenvalue weighted by atomic mass is 10.4. The van der Waals surface area contributed by atoms with Crippen molar-refractivity contribution in [2.24, 2.45) is 0 Å². The molecule has 2 rings (SSSR count). The molecule has 5 nitrogen and oxygen atoms in total. The molecule has 0 atom stereocenters. The van der Waals surface area contributed by atoms with Crippen LogP contribution in [0, 0.1) is 0 Å². The Labute approximate surface area is 94.8 Å². The van der Waals surface area contributed by atoms with Crippen LogP contribution >= 0.6 is 24.0 Å². The third-order valence-electron chi connectivity index (χ3n) is 1.71. The van der Waals surface area contributed by atoms with Crippen molar-refractivity contribution >= 4 is 40.1 Å². The van der Waals surface area contributed by atoms with Crippen LogP contribution in [0.5, 0.6) is 0 Å². The lowest BCUT2D eigenvalue weighted by Gasteiger charge is -2.14. The highest BCUT2D eigenvalue weighted by Crippen LogP contribution is 2.17. The molecule has 0 radical (unpaired) electrons. The molecule has 1 aromatic heterocycles. The van der Waals surface area contributed by atoms with Gasteiger partial charge in [-0.15, -0.1) is 0 Å². The fourth-order valence-corrected chi connectivity index (χ4v) is 2.00. The summed E-state index contributed by atoms with van der Waals surface area (Å²) in [6, 6.07) is 3.10. The molecule has 2 heterocycles. The molecule has 1 saturated heterocycles. The zero-order valence-corrected chi connectivity index (χ0v) is 9.06. The predicted molar refractivity (Wildman–Crippen MR) is 58.1 cm³/mol. The van der Waals surface area contributed by atoms with Crippen molar-refractivity contribution in [2.45, 2.75) is 0 Å². The second-order valence-electron chi connectivity index (χ2n) is 2.70. The summed E-state index contributed by atoms with van der Waals surface area (Å²) in [4.78, 5) is 22.7. The average molecular weight is 242 g/mol. The Kier molecular flexibility index (Phi) is 2.74. The number of furan rings is 1. The fourth-order valence-electron chi connectivity index (χ4n) is 1.03. The molecule has 1 aliphatic rings. The van der Waals surface area contributed by atoms with E-state index in [0.717, 1.165) is 5.01 Å². The van der Waals surface area contributed by atoms with E-state index in [9.17, 15) is 9.59 Å². The van der Waals surface area contributed by atoms with E-state index in [0.29, 0.717) is 4.32 Å². The highest BCUT2D eigenvalue weighted by molar-refractivity contribution is 8.23. The zero-order chi connectivity index (χ0) is 10.8. The minimum absolute atomic E-state index is 0.141. The van der Waals surface area contributed by atoms with Crippen LogP contribution in [0.2, 0.25) is 0 Å². The first-order valence-corrected chi connectivity index (χ1v) is 5.42. The highest BCUT2D eigenvalue weighted by Gasteiger charge is 2.29. The molecule has 0 spiro atoms. The molecule has 1 aromatic rings. The number of nitrogens with zero attached hydrogens (tertiary/aromatic N) is 1. The summed E-state index contributed by atoms with van der Waals surface area (Å²) in [5, 5.41) is 1.06. The van der Waals surface area contributed by atoms with E-state index in [4.69, 9.17) is 16.6 Å². The van der Waals surface area contributed by atoms with E-state index in [-0.39, 0.29) is 17.4 Å². The summed E-state index contributed by atoms with van der Waals surface area (Å²) in [6.45, 7) is 0. The number of nitrogens with one attached hydrogen (secondary N) is 1. The first-order valence-electron chi connectivity index (χ1n) is 4.02. The van der Waals surface area contributed by atoms with Gasteiger partial charge in [-0.25, -0.2) is 5.01 Å². The quantitative estimate of drug-likeness (QED) is 0.777. The Morgan fingerprint density at radius 3 is 3.00 bits per heavy atom. The van der Waals surface area contributed by atoms with E-state index in [1.54, 1.807) is 6.07 Å². The van der Waals surface area contributed by atoms with Gasteiger partial charge in [-0.2, -0.15) is 0 Å². The molecular formula is C8H6N2O3S2. The van der Waals surface area contributed by atoms with Gasteiger partial charge in [-0.1, -0.05) is 24.0 Å². The van der Waals surface area contributed by atoms with Gasteiger partial charge in [0.15, 0.2) is 10.1 Å². The first kappa shape index (κ1) is 10.2. The SMILES string of the molecule is O=C(NN1C(=O)CSC1=S)c1ccco1. The number of hydrogen-bond donors (Lipinski definition) is 1. The van der Waals surface area contributed by atoms with Gasteiger partial charge in [0, 0.05) is 0 Å². The number of carbonyl (C=O) groups is 2. The molecule has 2 amide bonds. The van der Waals surface area contributed by atoms with Gasteiger partial charge in [0.2, 0.25) is 0 Å². The van der Waals surface area contributed by atoms with Crippen LogP contribution < -0.4 is 5.43 Å². The van der Waals surface area contributed by atoms with Gasteiger partial charge in [0.1, 0.15) is 0 Å². The van der Waals surface area contributed by atoms with Crippen molar-refractivity contribution in [1.82, 2.24) is 10.4 Å². The molecule has 15 heavy (non-hydrogen) atoms. The van der Waals surface area contributed by atoms with Crippen LogP contribution in [-0.4, -0.2) is 26.9 Å². The third-order valence-corrected chi connectivity index (χ3v) is 3.07. The van der Waals surface area contributed by atoms with Gasteiger partial charge in [-0.05, 0) is 12.1 Å². The van der Waals surface area contributed by atoms with Crippen molar-refractivity contribution < 1.29 is 14.0 Å². The van der Waals surface area contributed by atoms with Crippen molar-refractivity contribution in [3.63, 3.8) is 0 Å². The molecule has 0 saturated carbocycles. The number of amides is 2. The number of thioether (sulfide) groups is 1. The fraction of sp³-hybridized carbons (Fsp3) is 0.125. The number of rotatable bonds is 2. The lowest BCUT2D eigenvalue weighted by molar-refractivity contribution is -0.125. The number of carbonyl (C=O) groups excluding carboxylic acids is 2. The molecule has 1 N–H and O–H groups in total. The summed E-state index contributed by atoms with van der Waals surface area (Å²) in [7, 11) is 0. The second-order valence-corrected chi connectivity index (χ2v) is 4.31. The number of hydrazine groups is 1. The van der Waals surface area contributed by atoms with Crippen LogP contribution in [-0.2, 0) is 4.79 Å². The van der Waals surface area contributed by atoms with Crippen molar-refractivity contribution in [1.29, 1.82) is 0 Å². The largest absolute Gasteiger partial charge is 0.459 e. The Hall–Kier alpha value is -1.34. The van der Waals surface area contributed by atoms with Gasteiger partial charge in [-0.3, -0.25) is 15.0 Å². The molecule has 78 valence electrons.